The zero-order valence-electron chi connectivity index (χ0n) is 14.5. The van der Waals surface area contributed by atoms with Crippen molar-refractivity contribution >= 4 is 28.8 Å². The Labute approximate surface area is 146 Å². The van der Waals surface area contributed by atoms with Crippen LogP contribution in [0.1, 0.15) is 29.8 Å². The minimum Gasteiger partial charge on any atom is -0.368 e. The Morgan fingerprint density at radius 3 is 2.68 bits per heavy atom. The van der Waals surface area contributed by atoms with Crippen molar-refractivity contribution < 1.29 is 4.79 Å². The number of para-hydroxylation sites is 1. The largest absolute Gasteiger partial charge is 0.368 e. The van der Waals surface area contributed by atoms with Gasteiger partial charge in [-0.15, -0.1) is 0 Å². The molecule has 0 aliphatic rings. The predicted octanol–water partition coefficient (Wildman–Crippen LogP) is 3.08. The van der Waals surface area contributed by atoms with E-state index in [-0.39, 0.29) is 17.9 Å². The third-order valence-electron chi connectivity index (χ3n) is 4.40. The summed E-state index contributed by atoms with van der Waals surface area (Å²) < 4.78 is 0. The van der Waals surface area contributed by atoms with Gasteiger partial charge in [0.2, 0.25) is 11.9 Å². The SMILES string of the molecule is Cc1[nH]c2ccccc2c1C(C)N(C)C(=O)C=Cc1cnc(N)nc1. The van der Waals surface area contributed by atoms with Crippen molar-refractivity contribution in [2.24, 2.45) is 0 Å². The van der Waals surface area contributed by atoms with E-state index in [0.29, 0.717) is 0 Å². The average Bonchev–Trinajstić information content (AvgIpc) is 2.95. The van der Waals surface area contributed by atoms with Gasteiger partial charge in [-0.05, 0) is 26.0 Å². The Kier molecular flexibility index (Phi) is 4.52. The zero-order chi connectivity index (χ0) is 18.0. The summed E-state index contributed by atoms with van der Waals surface area (Å²) in [7, 11) is 1.80. The van der Waals surface area contributed by atoms with E-state index in [1.807, 2.05) is 32.0 Å². The molecule has 0 spiro atoms. The molecule has 0 aliphatic heterocycles. The van der Waals surface area contributed by atoms with Gasteiger partial charge in [0.1, 0.15) is 0 Å². The van der Waals surface area contributed by atoms with Crippen molar-refractivity contribution in [2.75, 3.05) is 12.8 Å². The fraction of sp³-hybridized carbons (Fsp3) is 0.211. The maximum Gasteiger partial charge on any atom is 0.246 e. The number of carbonyl (C=O) groups excluding carboxylic acids is 1. The highest BCUT2D eigenvalue weighted by Crippen LogP contribution is 2.30. The molecule has 2 heterocycles. The summed E-state index contributed by atoms with van der Waals surface area (Å²) in [6, 6.07) is 8.07. The van der Waals surface area contributed by atoms with E-state index < -0.39 is 0 Å². The number of likely N-dealkylation sites (N-methyl/N-ethyl adjacent to an activating group) is 1. The minimum atomic E-state index is -0.0889. The van der Waals surface area contributed by atoms with Crippen LogP contribution < -0.4 is 5.73 Å². The second kappa shape index (κ2) is 6.76. The third kappa shape index (κ3) is 3.38. The molecule has 0 bridgehead atoms. The molecule has 0 fully saturated rings. The first-order valence-corrected chi connectivity index (χ1v) is 8.07. The van der Waals surface area contributed by atoms with Gasteiger partial charge in [0.15, 0.2) is 0 Å². The molecule has 1 aromatic carbocycles. The van der Waals surface area contributed by atoms with E-state index >= 15 is 0 Å². The second-order valence-electron chi connectivity index (χ2n) is 6.04. The molecule has 3 aromatic rings. The molecule has 0 saturated carbocycles. The summed E-state index contributed by atoms with van der Waals surface area (Å²) in [6.45, 7) is 4.06. The number of aromatic nitrogens is 3. The van der Waals surface area contributed by atoms with Crippen LogP contribution in [0.3, 0.4) is 0 Å². The van der Waals surface area contributed by atoms with Crippen LogP contribution in [0.4, 0.5) is 5.95 Å². The van der Waals surface area contributed by atoms with E-state index in [0.717, 1.165) is 27.7 Å². The number of carbonyl (C=O) groups is 1. The van der Waals surface area contributed by atoms with Gasteiger partial charge in [0.25, 0.3) is 0 Å². The first kappa shape index (κ1) is 16.7. The standard InChI is InChI=1S/C19H21N5O/c1-12-18(15-6-4-5-7-16(15)23-12)13(2)24(3)17(25)9-8-14-10-21-19(20)22-11-14/h4-11,13,23H,1-3H3,(H2,20,21,22). The molecule has 128 valence electrons. The van der Waals surface area contributed by atoms with Gasteiger partial charge < -0.3 is 15.6 Å². The maximum absolute atomic E-state index is 12.5. The number of nitrogen functional groups attached to an aromatic ring is 1. The highest BCUT2D eigenvalue weighted by atomic mass is 16.2. The van der Waals surface area contributed by atoms with Crippen LogP contribution in [0, 0.1) is 6.92 Å². The highest BCUT2D eigenvalue weighted by Gasteiger charge is 2.21. The average molecular weight is 335 g/mol. The van der Waals surface area contributed by atoms with Crippen molar-refractivity contribution in [3.8, 4) is 0 Å². The summed E-state index contributed by atoms with van der Waals surface area (Å²) in [5.41, 5.74) is 9.48. The third-order valence-corrected chi connectivity index (χ3v) is 4.40. The van der Waals surface area contributed by atoms with Gasteiger partial charge in [-0.3, -0.25) is 4.79 Å². The fourth-order valence-corrected chi connectivity index (χ4v) is 2.94. The summed E-state index contributed by atoms with van der Waals surface area (Å²) >= 11 is 0. The molecule has 1 atom stereocenters. The molecular weight excluding hydrogens is 314 g/mol. The van der Waals surface area contributed by atoms with E-state index in [1.54, 1.807) is 30.4 Å². The Bertz CT molecular complexity index is 927. The van der Waals surface area contributed by atoms with Crippen LogP contribution in [0.15, 0.2) is 42.7 Å². The van der Waals surface area contributed by atoms with Crippen LogP contribution in [0.25, 0.3) is 17.0 Å². The summed E-state index contributed by atoms with van der Waals surface area (Å²) in [4.78, 5) is 25.5. The fourth-order valence-electron chi connectivity index (χ4n) is 2.94. The maximum atomic E-state index is 12.5. The van der Waals surface area contributed by atoms with Gasteiger partial charge in [0, 0.05) is 53.2 Å². The second-order valence-corrected chi connectivity index (χ2v) is 6.04. The van der Waals surface area contributed by atoms with Crippen molar-refractivity contribution in [1.29, 1.82) is 0 Å². The van der Waals surface area contributed by atoms with Crippen molar-refractivity contribution in [3.63, 3.8) is 0 Å². The van der Waals surface area contributed by atoms with Gasteiger partial charge in [-0.1, -0.05) is 18.2 Å². The summed E-state index contributed by atoms with van der Waals surface area (Å²) in [5, 5.41) is 1.14. The molecule has 0 radical (unpaired) electrons. The van der Waals surface area contributed by atoms with Crippen molar-refractivity contribution in [2.45, 2.75) is 19.9 Å². The van der Waals surface area contributed by atoms with Crippen molar-refractivity contribution in [1.82, 2.24) is 19.9 Å². The first-order chi connectivity index (χ1) is 12.0. The monoisotopic (exact) mass is 335 g/mol. The molecule has 25 heavy (non-hydrogen) atoms. The van der Waals surface area contributed by atoms with Crippen LogP contribution >= 0.6 is 0 Å². The molecule has 1 unspecified atom stereocenters. The zero-order valence-corrected chi connectivity index (χ0v) is 14.5. The van der Waals surface area contributed by atoms with Crippen LogP contribution in [0.2, 0.25) is 0 Å². The van der Waals surface area contributed by atoms with Crippen molar-refractivity contribution in [3.05, 3.63) is 59.6 Å². The molecule has 3 N–H and O–H groups in total. The molecule has 0 aliphatic carbocycles. The van der Waals surface area contributed by atoms with Crippen LogP contribution in [0.5, 0.6) is 0 Å². The number of nitrogens with zero attached hydrogens (tertiary/aromatic N) is 3. The number of anilines is 1. The van der Waals surface area contributed by atoms with E-state index in [2.05, 4.69) is 21.0 Å². The van der Waals surface area contributed by atoms with Crippen LogP contribution in [-0.2, 0) is 4.79 Å². The number of aryl methyl sites for hydroxylation is 1. The van der Waals surface area contributed by atoms with Gasteiger partial charge >= 0.3 is 0 Å². The Hall–Kier alpha value is -3.15. The van der Waals surface area contributed by atoms with Crippen LogP contribution in [-0.4, -0.2) is 32.8 Å². The number of hydrogen-bond acceptors (Lipinski definition) is 4. The Morgan fingerprint density at radius 1 is 1.28 bits per heavy atom. The van der Waals surface area contributed by atoms with E-state index in [1.165, 1.54) is 6.08 Å². The van der Waals surface area contributed by atoms with Gasteiger partial charge in [-0.2, -0.15) is 0 Å². The minimum absolute atomic E-state index is 0.0593. The van der Waals surface area contributed by atoms with E-state index in [9.17, 15) is 4.79 Å². The molecule has 6 nitrogen and oxygen atoms in total. The first-order valence-electron chi connectivity index (χ1n) is 8.07. The molecule has 1 amide bonds. The highest BCUT2D eigenvalue weighted by molar-refractivity contribution is 5.92. The molecule has 3 rings (SSSR count). The number of benzene rings is 1. The quantitative estimate of drug-likeness (QED) is 0.717. The number of nitrogens with one attached hydrogen (secondary N) is 1. The lowest BCUT2D eigenvalue weighted by molar-refractivity contribution is -0.126. The summed E-state index contributed by atoms with van der Waals surface area (Å²) in [6.07, 6.45) is 6.38. The van der Waals surface area contributed by atoms with Gasteiger partial charge in [-0.25, -0.2) is 9.97 Å². The number of fused-ring (bicyclic) bond motifs is 1. The number of aromatic amines is 1. The Balaban J connectivity index is 1.81. The number of rotatable bonds is 4. The number of H-pyrrole nitrogens is 1. The number of hydrogen-bond donors (Lipinski definition) is 2. The summed E-state index contributed by atoms with van der Waals surface area (Å²) in [5.74, 6) is 0.123. The lowest BCUT2D eigenvalue weighted by atomic mass is 10.0. The molecule has 2 aromatic heterocycles. The molecule has 6 heteroatoms. The normalized spacial score (nSPS) is 12.6. The van der Waals surface area contributed by atoms with Gasteiger partial charge in [0.05, 0.1) is 6.04 Å². The number of amides is 1. The predicted molar refractivity (Wildman–Crippen MR) is 99.7 cm³/mol. The topological polar surface area (TPSA) is 87.9 Å². The lowest BCUT2D eigenvalue weighted by Crippen LogP contribution is -2.28. The van der Waals surface area contributed by atoms with E-state index in [4.69, 9.17) is 5.73 Å². The molecular formula is C19H21N5O. The smallest absolute Gasteiger partial charge is 0.246 e. The Morgan fingerprint density at radius 2 is 1.96 bits per heavy atom. The lowest BCUT2D eigenvalue weighted by Gasteiger charge is -2.24. The number of nitrogens with two attached hydrogens (primary N) is 1. The molecule has 0 saturated heterocycles.